The molecule has 0 unspecified atom stereocenters. The molecule has 156 valence electrons. The third-order valence-electron chi connectivity index (χ3n) is 5.91. The maximum atomic E-state index is 13.5. The summed E-state index contributed by atoms with van der Waals surface area (Å²) in [6.07, 6.45) is 7.41. The molecular formula is C22H22ClN3O2S2. The highest BCUT2D eigenvalue weighted by molar-refractivity contribution is 7.99. The molecule has 1 aromatic carbocycles. The number of thiophene rings is 1. The molecule has 1 amide bonds. The van der Waals surface area contributed by atoms with Gasteiger partial charge in [-0.1, -0.05) is 48.3 Å². The Balaban J connectivity index is 1.45. The predicted molar refractivity (Wildman–Crippen MR) is 124 cm³/mol. The molecule has 3 aromatic rings. The molecule has 2 aliphatic carbocycles. The second-order valence-corrected chi connectivity index (χ2v) is 10.3. The van der Waals surface area contributed by atoms with Crippen LogP contribution in [-0.4, -0.2) is 21.2 Å². The zero-order chi connectivity index (χ0) is 20.7. The van der Waals surface area contributed by atoms with Crippen LogP contribution >= 0.6 is 34.7 Å². The van der Waals surface area contributed by atoms with Gasteiger partial charge in [-0.2, -0.15) is 0 Å². The molecule has 30 heavy (non-hydrogen) atoms. The minimum Gasteiger partial charge on any atom is -0.324 e. The number of hydrogen-bond acceptors (Lipinski definition) is 5. The van der Waals surface area contributed by atoms with E-state index < -0.39 is 0 Å². The minimum atomic E-state index is -0.158. The number of rotatable bonds is 5. The lowest BCUT2D eigenvalue weighted by Crippen LogP contribution is -2.27. The molecule has 1 N–H and O–H groups in total. The maximum Gasteiger partial charge on any atom is 0.263 e. The van der Waals surface area contributed by atoms with Crippen LogP contribution in [0.5, 0.6) is 0 Å². The lowest BCUT2D eigenvalue weighted by Gasteiger charge is -2.18. The number of thioether (sulfide) groups is 1. The normalized spacial score (nSPS) is 16.3. The van der Waals surface area contributed by atoms with Crippen molar-refractivity contribution in [1.82, 2.24) is 9.55 Å². The number of para-hydroxylation sites is 1. The second-order valence-electron chi connectivity index (χ2n) is 7.86. The molecule has 0 bridgehead atoms. The van der Waals surface area contributed by atoms with Crippen LogP contribution in [0.1, 0.15) is 48.6 Å². The first-order chi connectivity index (χ1) is 14.6. The summed E-state index contributed by atoms with van der Waals surface area (Å²) in [5.74, 6) is 0.0233. The van der Waals surface area contributed by atoms with Gasteiger partial charge in [0.25, 0.3) is 5.56 Å². The average molecular weight is 460 g/mol. The molecule has 1 saturated carbocycles. The van der Waals surface area contributed by atoms with Gasteiger partial charge in [0.15, 0.2) is 5.16 Å². The number of nitrogens with zero attached hydrogens (tertiary/aromatic N) is 2. The van der Waals surface area contributed by atoms with Crippen molar-refractivity contribution in [2.24, 2.45) is 0 Å². The van der Waals surface area contributed by atoms with Gasteiger partial charge in [0.2, 0.25) is 5.91 Å². The van der Waals surface area contributed by atoms with Crippen molar-refractivity contribution in [3.63, 3.8) is 0 Å². The first kappa shape index (κ1) is 20.1. The molecule has 5 nitrogen and oxygen atoms in total. The van der Waals surface area contributed by atoms with E-state index in [2.05, 4.69) is 5.32 Å². The molecule has 2 heterocycles. The number of hydrogen-bond donors (Lipinski definition) is 1. The Morgan fingerprint density at radius 1 is 1.23 bits per heavy atom. The molecular weight excluding hydrogens is 438 g/mol. The number of aromatic nitrogens is 2. The van der Waals surface area contributed by atoms with Crippen molar-refractivity contribution in [3.05, 3.63) is 50.1 Å². The van der Waals surface area contributed by atoms with Crippen LogP contribution in [0.15, 0.2) is 34.2 Å². The fourth-order valence-corrected chi connectivity index (χ4v) is 6.85. The summed E-state index contributed by atoms with van der Waals surface area (Å²) in [7, 11) is 0. The van der Waals surface area contributed by atoms with Crippen LogP contribution in [0.2, 0.25) is 5.02 Å². The van der Waals surface area contributed by atoms with Crippen LogP contribution in [0, 0.1) is 0 Å². The summed E-state index contributed by atoms with van der Waals surface area (Å²) in [6.45, 7) is 0. The van der Waals surface area contributed by atoms with E-state index in [0.29, 0.717) is 15.9 Å². The van der Waals surface area contributed by atoms with Crippen LogP contribution in [0.3, 0.4) is 0 Å². The summed E-state index contributed by atoms with van der Waals surface area (Å²) in [5.41, 5.74) is 1.89. The zero-order valence-corrected chi connectivity index (χ0v) is 18.8. The van der Waals surface area contributed by atoms with E-state index in [9.17, 15) is 9.59 Å². The number of nitrogens with one attached hydrogen (secondary N) is 1. The average Bonchev–Trinajstić information content (AvgIpc) is 3.45. The van der Waals surface area contributed by atoms with Crippen LogP contribution in [0.25, 0.3) is 10.2 Å². The van der Waals surface area contributed by atoms with E-state index in [1.807, 2.05) is 16.7 Å². The standard InChI is InChI=1S/C22H22ClN3O2S2/c23-15-9-3-4-10-16(15)24-18(27)12-29-22-25-20-19(14-8-5-11-17(14)30-20)21(28)26(22)13-6-1-2-7-13/h3-4,9-10,13H,1-2,5-8,11-12H2,(H,24,27). The zero-order valence-electron chi connectivity index (χ0n) is 16.4. The number of aryl methyl sites for hydroxylation is 2. The summed E-state index contributed by atoms with van der Waals surface area (Å²) < 4.78 is 1.88. The molecule has 5 rings (SSSR count). The van der Waals surface area contributed by atoms with Crippen molar-refractivity contribution < 1.29 is 4.79 Å². The summed E-state index contributed by atoms with van der Waals surface area (Å²) in [6, 6.07) is 7.35. The predicted octanol–water partition coefficient (Wildman–Crippen LogP) is 5.45. The van der Waals surface area contributed by atoms with Crippen molar-refractivity contribution in [2.75, 3.05) is 11.1 Å². The van der Waals surface area contributed by atoms with Gasteiger partial charge in [-0.05, 0) is 49.8 Å². The van der Waals surface area contributed by atoms with Gasteiger partial charge in [-0.15, -0.1) is 11.3 Å². The highest BCUT2D eigenvalue weighted by Gasteiger charge is 2.27. The third kappa shape index (κ3) is 3.67. The van der Waals surface area contributed by atoms with Gasteiger partial charge in [0, 0.05) is 10.9 Å². The number of carbonyl (C=O) groups is 1. The molecule has 2 aliphatic rings. The summed E-state index contributed by atoms with van der Waals surface area (Å²) >= 11 is 9.13. The number of fused-ring (bicyclic) bond motifs is 3. The Morgan fingerprint density at radius 3 is 2.83 bits per heavy atom. The van der Waals surface area contributed by atoms with Gasteiger partial charge in [0.1, 0.15) is 4.83 Å². The van der Waals surface area contributed by atoms with E-state index in [1.54, 1.807) is 23.5 Å². The Bertz CT molecular complexity index is 1180. The smallest absolute Gasteiger partial charge is 0.263 e. The lowest BCUT2D eigenvalue weighted by molar-refractivity contribution is -0.113. The van der Waals surface area contributed by atoms with Crippen LogP contribution in [-0.2, 0) is 17.6 Å². The SMILES string of the molecule is O=C(CSc1nc2sc3c(c2c(=O)n1C1CCCC1)CCC3)Nc1ccccc1Cl. The van der Waals surface area contributed by atoms with Gasteiger partial charge in [0.05, 0.1) is 21.8 Å². The number of halogens is 1. The number of benzene rings is 1. The molecule has 8 heteroatoms. The summed E-state index contributed by atoms with van der Waals surface area (Å²) in [4.78, 5) is 33.1. The van der Waals surface area contributed by atoms with Crippen molar-refractivity contribution in [2.45, 2.75) is 56.1 Å². The Hall–Kier alpha value is -1.83. The van der Waals surface area contributed by atoms with Crippen molar-refractivity contribution in [1.29, 1.82) is 0 Å². The van der Waals surface area contributed by atoms with E-state index in [0.717, 1.165) is 55.2 Å². The Kier molecular flexibility index (Phi) is 5.60. The molecule has 1 fully saturated rings. The highest BCUT2D eigenvalue weighted by Crippen LogP contribution is 2.38. The molecule has 0 spiro atoms. The van der Waals surface area contributed by atoms with Crippen molar-refractivity contribution >= 4 is 56.5 Å². The molecule has 0 aliphatic heterocycles. The van der Waals surface area contributed by atoms with E-state index in [4.69, 9.17) is 16.6 Å². The first-order valence-electron chi connectivity index (χ1n) is 10.4. The second kappa shape index (κ2) is 8.36. The van der Waals surface area contributed by atoms with Gasteiger partial charge >= 0.3 is 0 Å². The molecule has 0 atom stereocenters. The van der Waals surface area contributed by atoms with Crippen LogP contribution < -0.4 is 10.9 Å². The van der Waals surface area contributed by atoms with E-state index in [1.165, 1.54) is 22.2 Å². The molecule has 0 radical (unpaired) electrons. The Labute approximate surface area is 187 Å². The van der Waals surface area contributed by atoms with Gasteiger partial charge in [-0.3, -0.25) is 14.2 Å². The van der Waals surface area contributed by atoms with Gasteiger partial charge < -0.3 is 5.32 Å². The lowest BCUT2D eigenvalue weighted by atomic mass is 10.2. The largest absolute Gasteiger partial charge is 0.324 e. The van der Waals surface area contributed by atoms with E-state index in [-0.39, 0.29) is 23.3 Å². The van der Waals surface area contributed by atoms with Crippen molar-refractivity contribution in [3.8, 4) is 0 Å². The minimum absolute atomic E-state index is 0.0836. The topological polar surface area (TPSA) is 64.0 Å². The Morgan fingerprint density at radius 2 is 2.03 bits per heavy atom. The number of amides is 1. The fraction of sp³-hybridized carbons (Fsp3) is 0.409. The van der Waals surface area contributed by atoms with E-state index >= 15 is 0 Å². The third-order valence-corrected chi connectivity index (χ3v) is 8.38. The highest BCUT2D eigenvalue weighted by atomic mass is 35.5. The first-order valence-corrected chi connectivity index (χ1v) is 12.5. The number of anilines is 1. The van der Waals surface area contributed by atoms with Gasteiger partial charge in [-0.25, -0.2) is 4.98 Å². The summed E-state index contributed by atoms with van der Waals surface area (Å²) in [5, 5.41) is 4.84. The maximum absolute atomic E-state index is 13.5. The van der Waals surface area contributed by atoms with Crippen LogP contribution in [0.4, 0.5) is 5.69 Å². The quantitative estimate of drug-likeness (QED) is 0.407. The fourth-order valence-electron chi connectivity index (χ4n) is 4.50. The molecule has 2 aromatic heterocycles. The monoisotopic (exact) mass is 459 g/mol. The molecule has 0 saturated heterocycles. The number of carbonyl (C=O) groups excluding carboxylic acids is 1.